The molecule has 0 aliphatic carbocycles. The highest BCUT2D eigenvalue weighted by atomic mass is 79.9. The number of rotatable bonds is 2. The van der Waals surface area contributed by atoms with Crippen LogP contribution in [0.15, 0.2) is 53.0 Å². The Bertz CT molecular complexity index is 738. The molecule has 1 heterocycles. The molecule has 0 saturated carbocycles. The summed E-state index contributed by atoms with van der Waals surface area (Å²) in [4.78, 5) is 36.5. The fraction of sp³-hybridized carbons (Fsp3) is 0. The Hall–Kier alpha value is -2.47. The standard InChI is InChI=1S/C15H9BrN2O3/c16-12-8-4-3-7-11(12)13(19)17-18-14(20)9-5-1-2-6-10(9)15(18)21/h1-8H,(H,17,19). The predicted molar refractivity (Wildman–Crippen MR) is 78.6 cm³/mol. The number of nitrogens with one attached hydrogen (secondary N) is 1. The summed E-state index contributed by atoms with van der Waals surface area (Å²) in [6.07, 6.45) is 0. The second-order valence-corrected chi connectivity index (χ2v) is 5.27. The quantitative estimate of drug-likeness (QED) is 0.850. The van der Waals surface area contributed by atoms with Crippen molar-refractivity contribution in [1.82, 2.24) is 10.4 Å². The summed E-state index contributed by atoms with van der Waals surface area (Å²) in [5, 5.41) is 0.742. The van der Waals surface area contributed by atoms with Gasteiger partial charge in [0.05, 0.1) is 16.7 Å². The van der Waals surface area contributed by atoms with Gasteiger partial charge in [-0.15, -0.1) is 0 Å². The van der Waals surface area contributed by atoms with E-state index < -0.39 is 17.7 Å². The minimum atomic E-state index is -0.531. The van der Waals surface area contributed by atoms with Crippen molar-refractivity contribution in [2.75, 3.05) is 0 Å². The molecule has 0 aromatic heterocycles. The molecule has 1 aliphatic heterocycles. The average Bonchev–Trinajstić information content (AvgIpc) is 2.73. The van der Waals surface area contributed by atoms with Crippen molar-refractivity contribution in [2.45, 2.75) is 0 Å². The van der Waals surface area contributed by atoms with Gasteiger partial charge in [0.2, 0.25) is 0 Å². The molecule has 3 amide bonds. The van der Waals surface area contributed by atoms with Gasteiger partial charge in [-0.25, -0.2) is 0 Å². The SMILES string of the molecule is O=C(NN1C(=O)c2ccccc2C1=O)c1ccccc1Br. The molecular weight excluding hydrogens is 336 g/mol. The molecule has 0 radical (unpaired) electrons. The normalized spacial score (nSPS) is 13.3. The summed E-state index contributed by atoms with van der Waals surface area (Å²) in [5.74, 6) is -1.59. The lowest BCUT2D eigenvalue weighted by atomic mass is 10.1. The minimum Gasteiger partial charge on any atom is -0.267 e. The Morgan fingerprint density at radius 1 is 0.905 bits per heavy atom. The first-order valence-electron chi connectivity index (χ1n) is 6.13. The summed E-state index contributed by atoms with van der Waals surface area (Å²) in [7, 11) is 0. The molecule has 104 valence electrons. The molecule has 0 atom stereocenters. The largest absolute Gasteiger partial charge is 0.280 e. The third kappa shape index (κ3) is 2.23. The Balaban J connectivity index is 1.88. The van der Waals surface area contributed by atoms with Gasteiger partial charge in [-0.2, -0.15) is 5.01 Å². The van der Waals surface area contributed by atoms with Crippen molar-refractivity contribution in [3.63, 3.8) is 0 Å². The molecule has 1 N–H and O–H groups in total. The Morgan fingerprint density at radius 3 is 2.00 bits per heavy atom. The minimum absolute atomic E-state index is 0.287. The first-order valence-corrected chi connectivity index (χ1v) is 6.92. The molecule has 3 rings (SSSR count). The highest BCUT2D eigenvalue weighted by molar-refractivity contribution is 9.10. The van der Waals surface area contributed by atoms with Crippen molar-refractivity contribution in [2.24, 2.45) is 0 Å². The van der Waals surface area contributed by atoms with Crippen LogP contribution in [0.1, 0.15) is 31.1 Å². The number of carbonyl (C=O) groups is 3. The zero-order chi connectivity index (χ0) is 15.0. The van der Waals surface area contributed by atoms with E-state index in [1.54, 1.807) is 48.5 Å². The molecular formula is C15H9BrN2O3. The maximum absolute atomic E-state index is 12.2. The average molecular weight is 345 g/mol. The van der Waals surface area contributed by atoms with Crippen LogP contribution in [0.3, 0.4) is 0 Å². The Labute approximate surface area is 128 Å². The molecule has 0 spiro atoms. The number of halogens is 1. The van der Waals surface area contributed by atoms with E-state index in [0.29, 0.717) is 10.0 Å². The van der Waals surface area contributed by atoms with Crippen LogP contribution in [0.25, 0.3) is 0 Å². The van der Waals surface area contributed by atoms with Gasteiger partial charge in [-0.05, 0) is 40.2 Å². The van der Waals surface area contributed by atoms with E-state index in [2.05, 4.69) is 21.4 Å². The van der Waals surface area contributed by atoms with Gasteiger partial charge in [-0.3, -0.25) is 19.8 Å². The molecule has 0 fully saturated rings. The Morgan fingerprint density at radius 2 is 1.43 bits per heavy atom. The van der Waals surface area contributed by atoms with Crippen LogP contribution in [-0.2, 0) is 0 Å². The van der Waals surface area contributed by atoms with Crippen LogP contribution in [-0.4, -0.2) is 22.7 Å². The van der Waals surface area contributed by atoms with Crippen LogP contribution in [0.2, 0.25) is 0 Å². The number of hydrogen-bond donors (Lipinski definition) is 1. The summed E-state index contributed by atoms with van der Waals surface area (Å²) < 4.78 is 0.583. The Kier molecular flexibility index (Phi) is 3.31. The molecule has 2 aromatic carbocycles. The fourth-order valence-corrected chi connectivity index (χ4v) is 2.56. The number of fused-ring (bicyclic) bond motifs is 1. The van der Waals surface area contributed by atoms with E-state index in [1.165, 1.54) is 0 Å². The number of nitrogens with zero attached hydrogens (tertiary/aromatic N) is 1. The van der Waals surface area contributed by atoms with Gasteiger partial charge in [0.1, 0.15) is 0 Å². The van der Waals surface area contributed by atoms with Crippen molar-refractivity contribution in [3.8, 4) is 0 Å². The topological polar surface area (TPSA) is 66.5 Å². The van der Waals surface area contributed by atoms with Crippen molar-refractivity contribution < 1.29 is 14.4 Å². The smallest absolute Gasteiger partial charge is 0.267 e. The number of hydrazine groups is 1. The lowest BCUT2D eigenvalue weighted by molar-refractivity contribution is 0.0518. The third-order valence-corrected chi connectivity index (χ3v) is 3.82. The van der Waals surface area contributed by atoms with Crippen LogP contribution >= 0.6 is 15.9 Å². The summed E-state index contributed by atoms with van der Waals surface area (Å²) in [5.41, 5.74) is 3.26. The van der Waals surface area contributed by atoms with Crippen LogP contribution in [0, 0.1) is 0 Å². The van der Waals surface area contributed by atoms with Crippen molar-refractivity contribution >= 4 is 33.7 Å². The zero-order valence-electron chi connectivity index (χ0n) is 10.7. The number of amides is 3. The number of hydrogen-bond acceptors (Lipinski definition) is 3. The van der Waals surface area contributed by atoms with Gasteiger partial charge in [0.15, 0.2) is 0 Å². The highest BCUT2D eigenvalue weighted by Crippen LogP contribution is 2.22. The number of carbonyl (C=O) groups excluding carboxylic acids is 3. The maximum Gasteiger partial charge on any atom is 0.280 e. The van der Waals surface area contributed by atoms with Crippen molar-refractivity contribution in [1.29, 1.82) is 0 Å². The van der Waals surface area contributed by atoms with Gasteiger partial charge in [0.25, 0.3) is 17.7 Å². The van der Waals surface area contributed by atoms with Gasteiger partial charge in [-0.1, -0.05) is 24.3 Å². The second-order valence-electron chi connectivity index (χ2n) is 4.41. The van der Waals surface area contributed by atoms with Crippen LogP contribution in [0.5, 0.6) is 0 Å². The number of imide groups is 1. The third-order valence-electron chi connectivity index (χ3n) is 3.13. The van der Waals surface area contributed by atoms with E-state index in [4.69, 9.17) is 0 Å². The fourth-order valence-electron chi connectivity index (χ4n) is 2.10. The molecule has 1 aliphatic rings. The van der Waals surface area contributed by atoms with E-state index >= 15 is 0 Å². The molecule has 0 bridgehead atoms. The molecule has 5 nitrogen and oxygen atoms in total. The van der Waals surface area contributed by atoms with Gasteiger partial charge < -0.3 is 0 Å². The maximum atomic E-state index is 12.2. The molecule has 21 heavy (non-hydrogen) atoms. The molecule has 0 saturated heterocycles. The van der Waals surface area contributed by atoms with E-state index in [1.807, 2.05) is 0 Å². The summed E-state index contributed by atoms with van der Waals surface area (Å²) >= 11 is 3.26. The predicted octanol–water partition coefficient (Wildman–Crippen LogP) is 2.39. The van der Waals surface area contributed by atoms with Crippen molar-refractivity contribution in [3.05, 3.63) is 69.7 Å². The summed E-state index contributed by atoms with van der Waals surface area (Å²) in [6, 6.07) is 13.2. The van der Waals surface area contributed by atoms with Gasteiger partial charge in [0, 0.05) is 4.47 Å². The number of benzene rings is 2. The van der Waals surface area contributed by atoms with Crippen LogP contribution in [0.4, 0.5) is 0 Å². The molecule has 0 unspecified atom stereocenters. The van der Waals surface area contributed by atoms with E-state index in [9.17, 15) is 14.4 Å². The zero-order valence-corrected chi connectivity index (χ0v) is 12.3. The lowest BCUT2D eigenvalue weighted by Gasteiger charge is -2.15. The van der Waals surface area contributed by atoms with E-state index in [0.717, 1.165) is 5.01 Å². The van der Waals surface area contributed by atoms with E-state index in [-0.39, 0.29) is 11.1 Å². The van der Waals surface area contributed by atoms with Crippen LogP contribution < -0.4 is 5.43 Å². The molecule has 6 heteroatoms. The van der Waals surface area contributed by atoms with Gasteiger partial charge >= 0.3 is 0 Å². The summed E-state index contributed by atoms with van der Waals surface area (Å²) in [6.45, 7) is 0. The monoisotopic (exact) mass is 344 g/mol. The lowest BCUT2D eigenvalue weighted by Crippen LogP contribution is -2.45. The highest BCUT2D eigenvalue weighted by Gasteiger charge is 2.36. The first kappa shape index (κ1) is 13.5. The second kappa shape index (κ2) is 5.14. The first-order chi connectivity index (χ1) is 10.1. The molecule has 2 aromatic rings.